The van der Waals surface area contributed by atoms with Crippen LogP contribution in [0, 0.1) is 5.82 Å². The fraction of sp³-hybridized carbons (Fsp3) is 0.0714. The molecule has 2 aromatic rings. The Labute approximate surface area is 114 Å². The van der Waals surface area contributed by atoms with Gasteiger partial charge in [-0.25, -0.2) is 4.39 Å². The monoisotopic (exact) mass is 276 g/mol. The predicted molar refractivity (Wildman–Crippen MR) is 73.4 cm³/mol. The number of hydrogen-bond donors (Lipinski definition) is 3. The van der Waals surface area contributed by atoms with E-state index in [2.05, 4.69) is 5.32 Å². The highest BCUT2D eigenvalue weighted by molar-refractivity contribution is 6.04. The first kappa shape index (κ1) is 13.7. The van der Waals surface area contributed by atoms with E-state index in [1.54, 1.807) is 12.1 Å². The maximum absolute atomic E-state index is 13.5. The summed E-state index contributed by atoms with van der Waals surface area (Å²) in [4.78, 5) is 11.9. The van der Waals surface area contributed by atoms with Crippen LogP contribution < -0.4 is 15.8 Å². The van der Waals surface area contributed by atoms with Gasteiger partial charge in [-0.1, -0.05) is 0 Å². The highest BCUT2D eigenvalue weighted by Crippen LogP contribution is 2.25. The van der Waals surface area contributed by atoms with Gasteiger partial charge >= 0.3 is 0 Å². The lowest BCUT2D eigenvalue weighted by molar-refractivity contribution is 0.102. The standard InChI is InChI=1S/C14H13FN2O3/c1-20-13-5-2-8(6-12(13)16)17-14(19)10-4-3-9(18)7-11(10)15/h2-7,18H,16H2,1H3,(H,17,19). The lowest BCUT2D eigenvalue weighted by Crippen LogP contribution is -2.13. The molecule has 104 valence electrons. The summed E-state index contributed by atoms with van der Waals surface area (Å²) in [6.07, 6.45) is 0. The Bertz CT molecular complexity index is 659. The van der Waals surface area contributed by atoms with E-state index in [1.165, 1.54) is 25.3 Å². The third-order valence-corrected chi connectivity index (χ3v) is 2.68. The topological polar surface area (TPSA) is 84.6 Å². The van der Waals surface area contributed by atoms with E-state index in [1.807, 2.05) is 0 Å². The number of carbonyl (C=O) groups is 1. The van der Waals surface area contributed by atoms with Crippen molar-refractivity contribution >= 4 is 17.3 Å². The quantitative estimate of drug-likeness (QED) is 0.751. The number of nitrogens with two attached hydrogens (primary N) is 1. The first-order valence-corrected chi connectivity index (χ1v) is 5.74. The van der Waals surface area contributed by atoms with Crippen molar-refractivity contribution in [3.63, 3.8) is 0 Å². The number of hydrogen-bond acceptors (Lipinski definition) is 4. The Morgan fingerprint density at radius 2 is 2.05 bits per heavy atom. The molecule has 0 saturated carbocycles. The zero-order valence-electron chi connectivity index (χ0n) is 10.7. The zero-order chi connectivity index (χ0) is 14.7. The number of ether oxygens (including phenoxy) is 1. The maximum atomic E-state index is 13.5. The van der Waals surface area contributed by atoms with Gasteiger partial charge in [0.25, 0.3) is 5.91 Å². The van der Waals surface area contributed by atoms with Crippen LogP contribution in [0.5, 0.6) is 11.5 Å². The van der Waals surface area contributed by atoms with Gasteiger partial charge in [0.05, 0.1) is 18.4 Å². The molecule has 0 saturated heterocycles. The summed E-state index contributed by atoms with van der Waals surface area (Å²) in [5.41, 5.74) is 6.32. The van der Waals surface area contributed by atoms with Crippen molar-refractivity contribution in [2.45, 2.75) is 0 Å². The molecule has 20 heavy (non-hydrogen) atoms. The van der Waals surface area contributed by atoms with Crippen LogP contribution in [0.2, 0.25) is 0 Å². The summed E-state index contributed by atoms with van der Waals surface area (Å²) in [5, 5.41) is 11.6. The molecule has 0 aromatic heterocycles. The summed E-state index contributed by atoms with van der Waals surface area (Å²) in [6, 6.07) is 8.00. The molecule has 6 heteroatoms. The van der Waals surface area contributed by atoms with E-state index in [4.69, 9.17) is 15.6 Å². The second-order valence-electron chi connectivity index (χ2n) is 4.08. The van der Waals surface area contributed by atoms with Crippen molar-refractivity contribution < 1.29 is 19.0 Å². The number of carbonyl (C=O) groups excluding carboxylic acids is 1. The summed E-state index contributed by atoms with van der Waals surface area (Å²) in [6.45, 7) is 0. The fourth-order valence-electron chi connectivity index (χ4n) is 1.70. The molecular weight excluding hydrogens is 263 g/mol. The van der Waals surface area contributed by atoms with Gasteiger partial charge in [0.2, 0.25) is 0 Å². The Morgan fingerprint density at radius 1 is 1.30 bits per heavy atom. The molecule has 0 bridgehead atoms. The Balaban J connectivity index is 2.21. The Kier molecular flexibility index (Phi) is 3.74. The number of aromatic hydroxyl groups is 1. The average Bonchev–Trinajstić information content (AvgIpc) is 2.38. The molecule has 0 aliphatic heterocycles. The minimum Gasteiger partial charge on any atom is -0.508 e. The molecule has 0 radical (unpaired) electrons. The molecule has 0 aliphatic carbocycles. The number of benzene rings is 2. The van der Waals surface area contributed by atoms with Gasteiger partial charge in [-0.05, 0) is 30.3 Å². The van der Waals surface area contributed by atoms with Gasteiger partial charge in [-0.15, -0.1) is 0 Å². The van der Waals surface area contributed by atoms with Crippen LogP contribution >= 0.6 is 0 Å². The SMILES string of the molecule is COc1ccc(NC(=O)c2ccc(O)cc2F)cc1N. The van der Waals surface area contributed by atoms with E-state index in [0.29, 0.717) is 17.1 Å². The highest BCUT2D eigenvalue weighted by atomic mass is 19.1. The molecule has 0 unspecified atom stereocenters. The number of methoxy groups -OCH3 is 1. The van der Waals surface area contributed by atoms with E-state index in [9.17, 15) is 9.18 Å². The van der Waals surface area contributed by atoms with Gasteiger partial charge in [-0.3, -0.25) is 4.79 Å². The zero-order valence-corrected chi connectivity index (χ0v) is 10.7. The summed E-state index contributed by atoms with van der Waals surface area (Å²) in [5.74, 6) is -1.19. The van der Waals surface area contributed by atoms with Crippen molar-refractivity contribution in [3.05, 3.63) is 47.8 Å². The highest BCUT2D eigenvalue weighted by Gasteiger charge is 2.13. The van der Waals surface area contributed by atoms with Crippen LogP contribution in [-0.4, -0.2) is 18.1 Å². The smallest absolute Gasteiger partial charge is 0.258 e. The number of halogens is 1. The molecule has 0 fully saturated rings. The number of phenolic OH excluding ortho intramolecular Hbond substituents is 1. The van der Waals surface area contributed by atoms with Crippen LogP contribution in [0.15, 0.2) is 36.4 Å². The van der Waals surface area contributed by atoms with E-state index in [0.717, 1.165) is 6.07 Å². The lowest BCUT2D eigenvalue weighted by Gasteiger charge is -2.09. The Hall–Kier alpha value is -2.76. The maximum Gasteiger partial charge on any atom is 0.258 e. The van der Waals surface area contributed by atoms with Gasteiger partial charge in [0, 0.05) is 11.8 Å². The van der Waals surface area contributed by atoms with Crippen LogP contribution in [0.3, 0.4) is 0 Å². The largest absolute Gasteiger partial charge is 0.508 e. The number of nitrogen functional groups attached to an aromatic ring is 1. The Morgan fingerprint density at radius 3 is 2.65 bits per heavy atom. The lowest BCUT2D eigenvalue weighted by atomic mass is 10.2. The van der Waals surface area contributed by atoms with Gasteiger partial charge in [-0.2, -0.15) is 0 Å². The molecule has 2 aromatic carbocycles. The van der Waals surface area contributed by atoms with E-state index < -0.39 is 11.7 Å². The minimum absolute atomic E-state index is 0.169. The molecular formula is C14H13FN2O3. The van der Waals surface area contributed by atoms with Crippen molar-refractivity contribution in [1.82, 2.24) is 0 Å². The van der Waals surface area contributed by atoms with Crippen LogP contribution in [0.1, 0.15) is 10.4 Å². The number of phenols is 1. The normalized spacial score (nSPS) is 10.1. The second kappa shape index (κ2) is 5.48. The van der Waals surface area contributed by atoms with Crippen LogP contribution in [-0.2, 0) is 0 Å². The van der Waals surface area contributed by atoms with Gasteiger partial charge < -0.3 is 20.9 Å². The summed E-state index contributed by atoms with van der Waals surface area (Å²) in [7, 11) is 1.48. The van der Waals surface area contributed by atoms with Gasteiger partial charge in [0.1, 0.15) is 17.3 Å². The third kappa shape index (κ3) is 2.80. The molecule has 1 amide bonds. The number of nitrogens with one attached hydrogen (secondary N) is 1. The molecule has 0 atom stereocenters. The van der Waals surface area contributed by atoms with Gasteiger partial charge in [0.15, 0.2) is 0 Å². The number of anilines is 2. The average molecular weight is 276 g/mol. The summed E-state index contributed by atoms with van der Waals surface area (Å²) < 4.78 is 18.5. The molecule has 2 rings (SSSR count). The van der Waals surface area contributed by atoms with Crippen molar-refractivity contribution in [1.29, 1.82) is 0 Å². The molecule has 0 heterocycles. The third-order valence-electron chi connectivity index (χ3n) is 2.68. The van der Waals surface area contributed by atoms with E-state index >= 15 is 0 Å². The minimum atomic E-state index is -0.802. The molecule has 4 N–H and O–H groups in total. The summed E-state index contributed by atoms with van der Waals surface area (Å²) >= 11 is 0. The van der Waals surface area contributed by atoms with Crippen LogP contribution in [0.25, 0.3) is 0 Å². The second-order valence-corrected chi connectivity index (χ2v) is 4.08. The van der Waals surface area contributed by atoms with E-state index in [-0.39, 0.29) is 11.3 Å². The molecule has 5 nitrogen and oxygen atoms in total. The van der Waals surface area contributed by atoms with Crippen LogP contribution in [0.4, 0.5) is 15.8 Å². The molecule has 0 aliphatic rings. The first-order valence-electron chi connectivity index (χ1n) is 5.74. The van der Waals surface area contributed by atoms with Crippen molar-refractivity contribution in [2.75, 3.05) is 18.2 Å². The number of rotatable bonds is 3. The first-order chi connectivity index (χ1) is 9.51. The fourth-order valence-corrected chi connectivity index (χ4v) is 1.70. The van der Waals surface area contributed by atoms with Crippen molar-refractivity contribution in [2.24, 2.45) is 0 Å². The predicted octanol–water partition coefficient (Wildman–Crippen LogP) is 2.37. The van der Waals surface area contributed by atoms with Crippen molar-refractivity contribution in [3.8, 4) is 11.5 Å². The number of amides is 1. The molecule has 0 spiro atoms.